The molecule has 4 N–H and O–H groups in total. The molecule has 2 rings (SSSR count). The highest BCUT2D eigenvalue weighted by molar-refractivity contribution is 6.34. The van der Waals surface area contributed by atoms with Crippen molar-refractivity contribution >= 4 is 35.0 Å². The van der Waals surface area contributed by atoms with E-state index in [2.05, 4.69) is 4.98 Å². The molecule has 9 heteroatoms. The fourth-order valence-electron chi connectivity index (χ4n) is 1.86. The van der Waals surface area contributed by atoms with Crippen molar-refractivity contribution < 1.29 is 19.4 Å². The first-order valence-electron chi connectivity index (χ1n) is 7.14. The standard InChI is InChI=1S/C16H15Cl2N3O4/c1-8(19)15(23)21-16(24)13-14(22)12(2-3-20-13)25-7-9-4-10(17)6-11(18)5-9/h2-6,8,22H,7,19H2,1H3,(H,21,23,24)/t8-/m0/s1. The highest BCUT2D eigenvalue weighted by Crippen LogP contribution is 2.29. The number of pyridine rings is 1. The van der Waals surface area contributed by atoms with Crippen LogP contribution < -0.4 is 15.8 Å². The van der Waals surface area contributed by atoms with Gasteiger partial charge in [0.1, 0.15) is 6.61 Å². The Labute approximate surface area is 153 Å². The highest BCUT2D eigenvalue weighted by atomic mass is 35.5. The van der Waals surface area contributed by atoms with Crippen LogP contribution in [0.3, 0.4) is 0 Å². The molecule has 25 heavy (non-hydrogen) atoms. The number of aromatic hydroxyl groups is 1. The van der Waals surface area contributed by atoms with Crippen LogP contribution in [0.25, 0.3) is 0 Å². The van der Waals surface area contributed by atoms with Crippen LogP contribution in [-0.4, -0.2) is 27.9 Å². The Hall–Kier alpha value is -2.35. The number of rotatable bonds is 5. The monoisotopic (exact) mass is 383 g/mol. The molecule has 0 aliphatic rings. The van der Waals surface area contributed by atoms with Crippen molar-refractivity contribution in [3.63, 3.8) is 0 Å². The molecule has 0 spiro atoms. The number of carbonyl (C=O) groups excluding carboxylic acids is 2. The van der Waals surface area contributed by atoms with Crippen LogP contribution in [0.1, 0.15) is 23.0 Å². The van der Waals surface area contributed by atoms with Crippen LogP contribution in [-0.2, 0) is 11.4 Å². The van der Waals surface area contributed by atoms with Gasteiger partial charge in [-0.2, -0.15) is 0 Å². The number of halogens is 2. The molecule has 0 saturated carbocycles. The van der Waals surface area contributed by atoms with E-state index in [4.69, 9.17) is 33.7 Å². The lowest BCUT2D eigenvalue weighted by molar-refractivity contribution is -0.121. The van der Waals surface area contributed by atoms with Crippen LogP contribution in [0.5, 0.6) is 11.5 Å². The zero-order valence-corrected chi connectivity index (χ0v) is 14.6. The number of aromatic nitrogens is 1. The molecule has 132 valence electrons. The summed E-state index contributed by atoms with van der Waals surface area (Å²) in [7, 11) is 0. The Balaban J connectivity index is 2.15. The Bertz CT molecular complexity index is 792. The van der Waals surface area contributed by atoms with Crippen LogP contribution in [0, 0.1) is 0 Å². The molecule has 0 aliphatic heterocycles. The number of nitrogens with two attached hydrogens (primary N) is 1. The molecule has 1 aromatic heterocycles. The van der Waals surface area contributed by atoms with E-state index in [0.29, 0.717) is 15.6 Å². The number of hydrogen-bond donors (Lipinski definition) is 3. The lowest BCUT2D eigenvalue weighted by Crippen LogP contribution is -2.41. The van der Waals surface area contributed by atoms with E-state index in [9.17, 15) is 14.7 Å². The van der Waals surface area contributed by atoms with Crippen molar-refractivity contribution in [2.45, 2.75) is 19.6 Å². The SMILES string of the molecule is C[C@H](N)C(=O)NC(=O)c1nccc(OCc2cc(Cl)cc(Cl)c2)c1O. The van der Waals surface area contributed by atoms with E-state index in [1.807, 2.05) is 5.32 Å². The normalized spacial score (nSPS) is 11.7. The predicted octanol–water partition coefficient (Wildman–Crippen LogP) is 2.28. The first kappa shape index (κ1) is 19.0. The van der Waals surface area contributed by atoms with Gasteiger partial charge in [0.15, 0.2) is 17.2 Å². The molecule has 1 atom stereocenters. The summed E-state index contributed by atoms with van der Waals surface area (Å²) in [6.45, 7) is 1.48. The number of carbonyl (C=O) groups is 2. The number of hydrogen-bond acceptors (Lipinski definition) is 6. The van der Waals surface area contributed by atoms with Crippen molar-refractivity contribution in [1.29, 1.82) is 0 Å². The fraction of sp³-hybridized carbons (Fsp3) is 0.188. The number of ether oxygens (including phenoxy) is 1. The number of imide groups is 1. The van der Waals surface area contributed by atoms with Crippen molar-refractivity contribution in [3.8, 4) is 11.5 Å². The maximum Gasteiger partial charge on any atom is 0.280 e. The molecule has 1 heterocycles. The minimum Gasteiger partial charge on any atom is -0.503 e. The molecular formula is C16H15Cl2N3O4. The smallest absolute Gasteiger partial charge is 0.280 e. The molecule has 0 radical (unpaired) electrons. The van der Waals surface area contributed by atoms with E-state index in [1.165, 1.54) is 19.2 Å². The van der Waals surface area contributed by atoms with Crippen LogP contribution in [0.2, 0.25) is 10.0 Å². The zero-order chi connectivity index (χ0) is 18.6. The van der Waals surface area contributed by atoms with Gasteiger partial charge in [-0.25, -0.2) is 4.98 Å². The van der Waals surface area contributed by atoms with Crippen LogP contribution in [0.4, 0.5) is 0 Å². The van der Waals surface area contributed by atoms with Gasteiger partial charge in [-0.05, 0) is 30.7 Å². The molecule has 0 aliphatic carbocycles. The van der Waals surface area contributed by atoms with Crippen LogP contribution in [0.15, 0.2) is 30.5 Å². The van der Waals surface area contributed by atoms with E-state index >= 15 is 0 Å². The summed E-state index contributed by atoms with van der Waals surface area (Å²) in [4.78, 5) is 27.2. The van der Waals surface area contributed by atoms with Gasteiger partial charge in [0.2, 0.25) is 5.91 Å². The summed E-state index contributed by atoms with van der Waals surface area (Å²) in [5.74, 6) is -2.04. The Morgan fingerprint density at radius 1 is 1.32 bits per heavy atom. The van der Waals surface area contributed by atoms with Gasteiger partial charge in [0.05, 0.1) is 6.04 Å². The summed E-state index contributed by atoms with van der Waals surface area (Å²) in [5, 5.41) is 13.1. The first-order valence-corrected chi connectivity index (χ1v) is 7.90. The van der Waals surface area contributed by atoms with Gasteiger partial charge >= 0.3 is 0 Å². The maximum absolute atomic E-state index is 12.0. The van der Waals surface area contributed by atoms with Gasteiger partial charge in [-0.3, -0.25) is 14.9 Å². The molecule has 2 amide bonds. The van der Waals surface area contributed by atoms with Crippen molar-refractivity contribution in [1.82, 2.24) is 10.3 Å². The average Bonchev–Trinajstić information content (AvgIpc) is 2.52. The van der Waals surface area contributed by atoms with Crippen LogP contribution >= 0.6 is 23.2 Å². The summed E-state index contributed by atoms with van der Waals surface area (Å²) in [5.41, 5.74) is 5.70. The van der Waals surface area contributed by atoms with Gasteiger partial charge < -0.3 is 15.6 Å². The molecule has 0 saturated heterocycles. The molecule has 2 aromatic rings. The largest absolute Gasteiger partial charge is 0.503 e. The number of nitrogens with zero attached hydrogens (tertiary/aromatic N) is 1. The first-order chi connectivity index (χ1) is 11.8. The lowest BCUT2D eigenvalue weighted by atomic mass is 10.2. The summed E-state index contributed by atoms with van der Waals surface area (Å²) in [6.07, 6.45) is 1.27. The number of amides is 2. The second kappa shape index (κ2) is 8.15. The van der Waals surface area contributed by atoms with E-state index in [1.54, 1.807) is 18.2 Å². The summed E-state index contributed by atoms with van der Waals surface area (Å²) >= 11 is 11.8. The Kier molecular flexibility index (Phi) is 6.19. The summed E-state index contributed by atoms with van der Waals surface area (Å²) in [6, 6.07) is 5.39. The Morgan fingerprint density at radius 2 is 1.96 bits per heavy atom. The predicted molar refractivity (Wildman–Crippen MR) is 92.8 cm³/mol. The van der Waals surface area contributed by atoms with Gasteiger partial charge in [0, 0.05) is 22.3 Å². The Morgan fingerprint density at radius 3 is 2.56 bits per heavy atom. The third-order valence-electron chi connectivity index (χ3n) is 3.07. The zero-order valence-electron chi connectivity index (χ0n) is 13.1. The number of benzene rings is 1. The van der Waals surface area contributed by atoms with E-state index in [0.717, 1.165) is 0 Å². The molecule has 1 aromatic carbocycles. The quantitative estimate of drug-likeness (QED) is 0.729. The summed E-state index contributed by atoms with van der Waals surface area (Å²) < 4.78 is 5.48. The topological polar surface area (TPSA) is 115 Å². The van der Waals surface area contributed by atoms with Gasteiger partial charge in [-0.1, -0.05) is 23.2 Å². The molecule has 7 nitrogen and oxygen atoms in total. The fourth-order valence-corrected chi connectivity index (χ4v) is 2.43. The third kappa shape index (κ3) is 5.06. The molecule has 0 fully saturated rings. The van der Waals surface area contributed by atoms with Crippen molar-refractivity contribution in [2.75, 3.05) is 0 Å². The van der Waals surface area contributed by atoms with Gasteiger partial charge in [0.25, 0.3) is 5.91 Å². The van der Waals surface area contributed by atoms with E-state index in [-0.39, 0.29) is 18.1 Å². The minimum absolute atomic E-state index is 0.0180. The average molecular weight is 384 g/mol. The third-order valence-corrected chi connectivity index (χ3v) is 3.51. The van der Waals surface area contributed by atoms with Crippen molar-refractivity contribution in [3.05, 3.63) is 51.8 Å². The second-order valence-electron chi connectivity index (χ2n) is 5.18. The highest BCUT2D eigenvalue weighted by Gasteiger charge is 2.20. The molecule has 0 unspecified atom stereocenters. The maximum atomic E-state index is 12.0. The van der Waals surface area contributed by atoms with Gasteiger partial charge in [-0.15, -0.1) is 0 Å². The number of nitrogens with one attached hydrogen (secondary N) is 1. The van der Waals surface area contributed by atoms with Crippen molar-refractivity contribution in [2.24, 2.45) is 5.73 Å². The molecular weight excluding hydrogens is 369 g/mol. The lowest BCUT2D eigenvalue weighted by Gasteiger charge is -2.11. The minimum atomic E-state index is -0.879. The van der Waals surface area contributed by atoms with E-state index < -0.39 is 23.6 Å². The second-order valence-corrected chi connectivity index (χ2v) is 6.05. The molecule has 0 bridgehead atoms.